The van der Waals surface area contributed by atoms with E-state index in [9.17, 15) is 13.2 Å². The van der Waals surface area contributed by atoms with Gasteiger partial charge in [-0.1, -0.05) is 11.6 Å². The molecule has 0 bridgehead atoms. The van der Waals surface area contributed by atoms with E-state index < -0.39 is 22.6 Å². The number of aromatic nitrogens is 1. The van der Waals surface area contributed by atoms with Crippen molar-refractivity contribution in [1.82, 2.24) is 4.98 Å². The van der Waals surface area contributed by atoms with Crippen LogP contribution < -0.4 is 0 Å². The minimum absolute atomic E-state index is 0.515. The normalized spacial score (nSPS) is 10.0. The Morgan fingerprint density at radius 2 is 1.90 bits per heavy atom. The van der Waals surface area contributed by atoms with E-state index in [1.807, 2.05) is 0 Å². The fourth-order valence-electron chi connectivity index (χ4n) is 0.422. The highest BCUT2D eigenvalue weighted by Gasteiger charge is 2.11. The van der Waals surface area contributed by atoms with Gasteiger partial charge in [0.15, 0.2) is 11.6 Å². The zero-order valence-corrected chi connectivity index (χ0v) is 5.29. The van der Waals surface area contributed by atoms with E-state index >= 15 is 0 Å². The van der Waals surface area contributed by atoms with Crippen LogP contribution in [0.4, 0.5) is 13.2 Å². The van der Waals surface area contributed by atoms with Gasteiger partial charge in [-0.15, -0.1) is 0 Å². The molecule has 1 nitrogen and oxygen atoms in total. The van der Waals surface area contributed by atoms with E-state index in [4.69, 9.17) is 11.6 Å². The van der Waals surface area contributed by atoms with Crippen LogP contribution in [-0.4, -0.2) is 4.98 Å². The van der Waals surface area contributed by atoms with Gasteiger partial charge in [0.2, 0.25) is 0 Å². The van der Waals surface area contributed by atoms with Crippen molar-refractivity contribution < 1.29 is 13.2 Å². The van der Waals surface area contributed by atoms with Gasteiger partial charge in [-0.25, -0.2) is 13.8 Å². The van der Waals surface area contributed by atoms with E-state index in [0.717, 1.165) is 0 Å². The van der Waals surface area contributed by atoms with Gasteiger partial charge >= 0.3 is 0 Å². The Bertz CT molecular complexity index is 236. The standard InChI is InChI=1S/C5HClF3N/c6-3-2(7)1-10-5(9)4(3)8/h1H. The zero-order valence-electron chi connectivity index (χ0n) is 4.54. The van der Waals surface area contributed by atoms with Gasteiger partial charge in [-0.05, 0) is 0 Å². The lowest BCUT2D eigenvalue weighted by molar-refractivity contribution is 0.465. The summed E-state index contributed by atoms with van der Waals surface area (Å²) >= 11 is 4.95. The van der Waals surface area contributed by atoms with E-state index in [1.54, 1.807) is 0 Å². The molecule has 10 heavy (non-hydrogen) atoms. The van der Waals surface area contributed by atoms with Crippen molar-refractivity contribution in [2.45, 2.75) is 0 Å². The van der Waals surface area contributed by atoms with Gasteiger partial charge in [-0.2, -0.15) is 4.39 Å². The Labute approximate surface area is 59.5 Å². The first-order chi connectivity index (χ1) is 4.63. The molecule has 54 valence electrons. The molecule has 0 aliphatic carbocycles. The summed E-state index contributed by atoms with van der Waals surface area (Å²) in [6.45, 7) is 0. The molecule has 1 rings (SSSR count). The first kappa shape index (κ1) is 7.34. The number of hydrogen-bond acceptors (Lipinski definition) is 1. The second kappa shape index (κ2) is 2.46. The van der Waals surface area contributed by atoms with Crippen LogP contribution in [0.3, 0.4) is 0 Å². The Morgan fingerprint density at radius 3 is 2.40 bits per heavy atom. The molecular weight excluding hydrogens is 167 g/mol. The van der Waals surface area contributed by atoms with Gasteiger partial charge < -0.3 is 0 Å². The second-order valence-electron chi connectivity index (χ2n) is 1.52. The van der Waals surface area contributed by atoms with Gasteiger partial charge in [0.25, 0.3) is 5.95 Å². The van der Waals surface area contributed by atoms with Crippen molar-refractivity contribution in [2.75, 3.05) is 0 Å². The maximum absolute atomic E-state index is 12.2. The first-order valence-electron chi connectivity index (χ1n) is 2.28. The number of hydrogen-bond donors (Lipinski definition) is 0. The molecule has 0 saturated heterocycles. The van der Waals surface area contributed by atoms with Crippen LogP contribution in [0.1, 0.15) is 0 Å². The highest BCUT2D eigenvalue weighted by molar-refractivity contribution is 6.30. The van der Waals surface area contributed by atoms with Gasteiger partial charge in [0.05, 0.1) is 6.20 Å². The monoisotopic (exact) mass is 167 g/mol. The maximum atomic E-state index is 12.2. The summed E-state index contributed by atoms with van der Waals surface area (Å²) < 4.78 is 36.4. The van der Waals surface area contributed by atoms with E-state index in [-0.39, 0.29) is 0 Å². The SMILES string of the molecule is Fc1cnc(F)c(F)c1Cl. The molecule has 1 aromatic heterocycles. The minimum atomic E-state index is -1.46. The third-order valence-electron chi connectivity index (χ3n) is 0.875. The quantitative estimate of drug-likeness (QED) is 0.540. The van der Waals surface area contributed by atoms with Crippen molar-refractivity contribution in [3.63, 3.8) is 0 Å². The summed E-state index contributed by atoms with van der Waals surface area (Å²) in [6, 6.07) is 0. The summed E-state index contributed by atoms with van der Waals surface area (Å²) in [4.78, 5) is 2.74. The zero-order chi connectivity index (χ0) is 7.72. The van der Waals surface area contributed by atoms with Crippen LogP contribution in [0.25, 0.3) is 0 Å². The molecule has 0 radical (unpaired) electrons. The molecule has 0 aromatic carbocycles. The van der Waals surface area contributed by atoms with Crippen molar-refractivity contribution >= 4 is 11.6 Å². The van der Waals surface area contributed by atoms with Crippen LogP contribution in [0.2, 0.25) is 5.02 Å². The number of nitrogens with zero attached hydrogens (tertiary/aromatic N) is 1. The second-order valence-corrected chi connectivity index (χ2v) is 1.90. The van der Waals surface area contributed by atoms with Gasteiger partial charge in [0.1, 0.15) is 5.02 Å². The fraction of sp³-hybridized carbons (Fsp3) is 0. The van der Waals surface area contributed by atoms with E-state index in [2.05, 4.69) is 4.98 Å². The molecule has 0 aliphatic rings. The van der Waals surface area contributed by atoms with Crippen LogP contribution in [-0.2, 0) is 0 Å². The van der Waals surface area contributed by atoms with Crippen molar-refractivity contribution in [1.29, 1.82) is 0 Å². The van der Waals surface area contributed by atoms with Crippen LogP contribution >= 0.6 is 11.6 Å². The molecule has 0 spiro atoms. The number of halogens is 4. The average Bonchev–Trinajstić information content (AvgIpc) is 1.93. The topological polar surface area (TPSA) is 12.9 Å². The van der Waals surface area contributed by atoms with Gasteiger partial charge in [-0.3, -0.25) is 0 Å². The Balaban J connectivity index is 3.34. The van der Waals surface area contributed by atoms with E-state index in [0.29, 0.717) is 6.20 Å². The van der Waals surface area contributed by atoms with Crippen molar-refractivity contribution in [3.8, 4) is 0 Å². The average molecular weight is 168 g/mol. The predicted molar refractivity (Wildman–Crippen MR) is 29.1 cm³/mol. The highest BCUT2D eigenvalue weighted by Crippen LogP contribution is 2.18. The van der Waals surface area contributed by atoms with Crippen LogP contribution in [0.15, 0.2) is 6.20 Å². The lowest BCUT2D eigenvalue weighted by Gasteiger charge is -1.93. The summed E-state index contributed by atoms with van der Waals surface area (Å²) in [5, 5.41) is -0.868. The van der Waals surface area contributed by atoms with Crippen molar-refractivity contribution in [2.24, 2.45) is 0 Å². The molecule has 0 amide bonds. The molecule has 0 unspecified atom stereocenters. The molecule has 1 aromatic rings. The lowest BCUT2D eigenvalue weighted by atomic mass is 10.4. The molecule has 0 atom stereocenters. The fourth-order valence-corrected chi connectivity index (χ4v) is 0.549. The Kier molecular flexibility index (Phi) is 1.80. The molecule has 0 aliphatic heterocycles. The lowest BCUT2D eigenvalue weighted by Crippen LogP contribution is -1.92. The van der Waals surface area contributed by atoms with Gasteiger partial charge in [0, 0.05) is 0 Å². The highest BCUT2D eigenvalue weighted by atomic mass is 35.5. The molecule has 1 heterocycles. The van der Waals surface area contributed by atoms with Crippen LogP contribution in [0, 0.1) is 17.6 Å². The largest absolute Gasteiger partial charge is 0.250 e. The third-order valence-corrected chi connectivity index (χ3v) is 1.22. The summed E-state index contributed by atoms with van der Waals surface area (Å²) in [5.74, 6) is -3.92. The molecular formula is C5HClF3N. The Morgan fingerprint density at radius 1 is 1.30 bits per heavy atom. The van der Waals surface area contributed by atoms with Crippen molar-refractivity contribution in [3.05, 3.63) is 28.8 Å². The third kappa shape index (κ3) is 1.07. The number of pyridine rings is 1. The minimum Gasteiger partial charge on any atom is -0.223 e. The predicted octanol–water partition coefficient (Wildman–Crippen LogP) is 2.15. The van der Waals surface area contributed by atoms with E-state index in [1.165, 1.54) is 0 Å². The summed E-state index contributed by atoms with van der Waals surface area (Å²) in [7, 11) is 0. The molecule has 0 saturated carbocycles. The molecule has 0 N–H and O–H groups in total. The summed E-state index contributed by atoms with van der Waals surface area (Å²) in [5.41, 5.74) is 0. The number of rotatable bonds is 0. The summed E-state index contributed by atoms with van der Waals surface area (Å²) in [6.07, 6.45) is 0.515. The molecule has 0 fully saturated rings. The van der Waals surface area contributed by atoms with Crippen LogP contribution in [0.5, 0.6) is 0 Å². The Hall–Kier alpha value is -0.770. The smallest absolute Gasteiger partial charge is 0.223 e. The molecule has 5 heteroatoms. The maximum Gasteiger partial charge on any atom is 0.250 e. The first-order valence-corrected chi connectivity index (χ1v) is 2.65.